The van der Waals surface area contributed by atoms with E-state index in [4.69, 9.17) is 11.6 Å². The Morgan fingerprint density at radius 1 is 1.59 bits per heavy atom. The largest absolute Gasteiger partial charge is 0.539 e. The first-order valence-electron chi connectivity index (χ1n) is 4.72. The van der Waals surface area contributed by atoms with Gasteiger partial charge in [0.2, 0.25) is 6.20 Å². The van der Waals surface area contributed by atoms with Crippen molar-refractivity contribution in [2.24, 2.45) is 0 Å². The quantitative estimate of drug-likeness (QED) is 0.799. The van der Waals surface area contributed by atoms with Gasteiger partial charge in [-0.05, 0) is 18.2 Å². The number of nitrogens with one attached hydrogen (secondary N) is 1. The summed E-state index contributed by atoms with van der Waals surface area (Å²) in [5.41, 5.74) is 0.578. The van der Waals surface area contributed by atoms with E-state index >= 15 is 0 Å². The predicted octanol–water partition coefficient (Wildman–Crippen LogP) is 0.328. The second-order valence-corrected chi connectivity index (χ2v) is 3.71. The fraction of sp³-hybridized carbons (Fsp3) is 0.100. The number of carbonyl (C=O) groups is 1. The summed E-state index contributed by atoms with van der Waals surface area (Å²) in [7, 11) is 0. The highest BCUT2D eigenvalue weighted by molar-refractivity contribution is 6.30. The Kier molecular flexibility index (Phi) is 3.24. The van der Waals surface area contributed by atoms with E-state index in [9.17, 15) is 9.90 Å². The van der Waals surface area contributed by atoms with Crippen LogP contribution in [-0.2, 0) is 11.3 Å². The summed E-state index contributed by atoms with van der Waals surface area (Å²) < 4.78 is 5.40. The number of hydrogen-bond donors (Lipinski definition) is 1. The van der Waals surface area contributed by atoms with Crippen molar-refractivity contribution in [3.8, 4) is 5.95 Å². The van der Waals surface area contributed by atoms with Crippen molar-refractivity contribution < 1.29 is 19.1 Å². The van der Waals surface area contributed by atoms with Crippen LogP contribution in [0.1, 0.15) is 0 Å². The fourth-order valence-electron chi connectivity index (χ4n) is 1.25. The van der Waals surface area contributed by atoms with Gasteiger partial charge in [0.1, 0.15) is 5.95 Å². The van der Waals surface area contributed by atoms with Crippen molar-refractivity contribution in [3.05, 3.63) is 35.5 Å². The van der Waals surface area contributed by atoms with E-state index in [1.54, 1.807) is 24.3 Å². The SMILES string of the molecule is O=C(C[n+]1cc([O-])on1)Nc1cccc(Cl)c1. The van der Waals surface area contributed by atoms with Crippen LogP contribution in [0.2, 0.25) is 5.02 Å². The van der Waals surface area contributed by atoms with Gasteiger partial charge in [0.15, 0.2) is 0 Å². The van der Waals surface area contributed by atoms with Crippen LogP contribution < -0.4 is 15.1 Å². The van der Waals surface area contributed by atoms with Crippen LogP contribution in [-0.4, -0.2) is 11.2 Å². The molecular weight excluding hydrogens is 246 g/mol. The molecule has 0 aliphatic carbocycles. The number of hydrogen-bond acceptors (Lipinski definition) is 4. The van der Waals surface area contributed by atoms with Gasteiger partial charge in [0.05, 0.1) is 5.27 Å². The normalized spacial score (nSPS) is 10.2. The number of amides is 1. The van der Waals surface area contributed by atoms with Crippen molar-refractivity contribution in [1.29, 1.82) is 0 Å². The molecule has 1 aromatic carbocycles. The predicted molar refractivity (Wildman–Crippen MR) is 56.2 cm³/mol. The van der Waals surface area contributed by atoms with Crippen molar-refractivity contribution in [3.63, 3.8) is 0 Å². The lowest BCUT2D eigenvalue weighted by Gasteiger charge is -2.01. The van der Waals surface area contributed by atoms with E-state index in [-0.39, 0.29) is 12.5 Å². The third-order valence-corrected chi connectivity index (χ3v) is 2.14. The van der Waals surface area contributed by atoms with Gasteiger partial charge in [-0.2, -0.15) is 0 Å². The molecule has 0 aliphatic rings. The van der Waals surface area contributed by atoms with Gasteiger partial charge in [-0.1, -0.05) is 22.3 Å². The standard InChI is InChI=1S/C10H8ClN3O3/c11-7-2-1-3-8(4-7)12-9(15)5-14-6-10(16)17-13-14/h1-4,6H,5H2,(H-,12,13,15,16). The minimum Gasteiger partial charge on any atom is -0.539 e. The summed E-state index contributed by atoms with van der Waals surface area (Å²) in [6, 6.07) is 6.74. The van der Waals surface area contributed by atoms with Gasteiger partial charge >= 0.3 is 0 Å². The summed E-state index contributed by atoms with van der Waals surface area (Å²) in [6.07, 6.45) is 1.09. The molecule has 0 saturated carbocycles. The highest BCUT2D eigenvalue weighted by Crippen LogP contribution is 2.14. The lowest BCUT2D eigenvalue weighted by Crippen LogP contribution is -2.41. The maximum absolute atomic E-state index is 11.5. The average molecular weight is 254 g/mol. The van der Waals surface area contributed by atoms with E-state index < -0.39 is 5.95 Å². The zero-order valence-corrected chi connectivity index (χ0v) is 9.35. The van der Waals surface area contributed by atoms with Crippen LogP contribution in [0, 0.1) is 0 Å². The monoisotopic (exact) mass is 253 g/mol. The first-order chi connectivity index (χ1) is 8.13. The molecule has 2 aromatic rings. The van der Waals surface area contributed by atoms with Gasteiger partial charge < -0.3 is 14.9 Å². The number of halogens is 1. The molecule has 88 valence electrons. The average Bonchev–Trinajstić information content (AvgIpc) is 2.63. The van der Waals surface area contributed by atoms with E-state index in [0.717, 1.165) is 10.9 Å². The van der Waals surface area contributed by atoms with E-state index in [1.807, 2.05) is 0 Å². The number of benzene rings is 1. The van der Waals surface area contributed by atoms with Crippen LogP contribution in [0.4, 0.5) is 5.69 Å². The van der Waals surface area contributed by atoms with E-state index in [0.29, 0.717) is 10.7 Å². The number of nitrogens with zero attached hydrogens (tertiary/aromatic N) is 2. The number of aromatic nitrogens is 2. The summed E-state index contributed by atoms with van der Waals surface area (Å²) in [6.45, 7) is -0.0990. The third-order valence-electron chi connectivity index (χ3n) is 1.90. The molecule has 0 fully saturated rings. The van der Waals surface area contributed by atoms with Crippen LogP contribution in [0.3, 0.4) is 0 Å². The molecule has 7 heteroatoms. The molecule has 1 aromatic heterocycles. The zero-order valence-electron chi connectivity index (χ0n) is 8.59. The lowest BCUT2D eigenvalue weighted by atomic mass is 10.3. The topological polar surface area (TPSA) is 82.1 Å². The van der Waals surface area contributed by atoms with Crippen LogP contribution >= 0.6 is 11.6 Å². The van der Waals surface area contributed by atoms with E-state index in [1.165, 1.54) is 0 Å². The molecule has 0 bridgehead atoms. The molecule has 17 heavy (non-hydrogen) atoms. The van der Waals surface area contributed by atoms with Crippen LogP contribution in [0.15, 0.2) is 35.0 Å². The summed E-state index contributed by atoms with van der Waals surface area (Å²) >= 11 is 5.77. The first kappa shape index (κ1) is 11.4. The Bertz CT molecular complexity index is 541. The molecule has 0 spiro atoms. The summed E-state index contributed by atoms with van der Waals surface area (Å²) in [4.78, 5) is 11.5. The molecule has 0 unspecified atom stereocenters. The minimum atomic E-state index is -0.597. The minimum absolute atomic E-state index is 0.0990. The smallest absolute Gasteiger partial charge is 0.292 e. The molecule has 6 nitrogen and oxygen atoms in total. The van der Waals surface area contributed by atoms with Crippen molar-refractivity contribution in [2.75, 3.05) is 5.32 Å². The number of rotatable bonds is 3. The molecular formula is C10H8ClN3O3. The Balaban J connectivity index is 1.98. The Morgan fingerprint density at radius 2 is 2.41 bits per heavy atom. The van der Waals surface area contributed by atoms with Crippen LogP contribution in [0.5, 0.6) is 5.95 Å². The molecule has 1 heterocycles. The second kappa shape index (κ2) is 4.84. The number of anilines is 1. The Hall–Kier alpha value is -2.08. The van der Waals surface area contributed by atoms with Crippen molar-refractivity contribution >= 4 is 23.2 Å². The Morgan fingerprint density at radius 3 is 3.06 bits per heavy atom. The zero-order chi connectivity index (χ0) is 12.3. The molecule has 0 saturated heterocycles. The highest BCUT2D eigenvalue weighted by Gasteiger charge is 2.11. The second-order valence-electron chi connectivity index (χ2n) is 3.28. The molecule has 0 aliphatic heterocycles. The molecule has 0 radical (unpaired) electrons. The van der Waals surface area contributed by atoms with Gasteiger partial charge in [0, 0.05) is 10.7 Å². The molecule has 1 amide bonds. The Labute approximate surface area is 101 Å². The van der Waals surface area contributed by atoms with E-state index in [2.05, 4.69) is 15.1 Å². The lowest BCUT2D eigenvalue weighted by molar-refractivity contribution is -0.750. The molecule has 0 atom stereocenters. The van der Waals surface area contributed by atoms with Gasteiger partial charge in [-0.3, -0.25) is 4.79 Å². The van der Waals surface area contributed by atoms with Gasteiger partial charge in [-0.15, -0.1) is 0 Å². The van der Waals surface area contributed by atoms with Crippen molar-refractivity contribution in [2.45, 2.75) is 6.54 Å². The maximum Gasteiger partial charge on any atom is 0.292 e. The summed E-state index contributed by atoms with van der Waals surface area (Å²) in [5, 5.41) is 17.2. The number of carbonyl (C=O) groups excluding carboxylic acids is 1. The highest BCUT2D eigenvalue weighted by atomic mass is 35.5. The first-order valence-corrected chi connectivity index (χ1v) is 5.10. The van der Waals surface area contributed by atoms with Crippen molar-refractivity contribution in [1.82, 2.24) is 5.27 Å². The molecule has 2 rings (SSSR count). The summed E-state index contributed by atoms with van der Waals surface area (Å²) in [5.74, 6) is -0.925. The van der Waals surface area contributed by atoms with Gasteiger partial charge in [0.25, 0.3) is 12.5 Å². The third kappa shape index (κ3) is 3.18. The maximum atomic E-state index is 11.5. The fourth-order valence-corrected chi connectivity index (χ4v) is 1.44. The molecule has 1 N–H and O–H groups in total. The van der Waals surface area contributed by atoms with Crippen LogP contribution in [0.25, 0.3) is 0 Å². The van der Waals surface area contributed by atoms with Gasteiger partial charge in [-0.25, -0.2) is 0 Å².